The first-order valence-corrected chi connectivity index (χ1v) is 47.1. The Balaban J connectivity index is 0.000000111. The molecular formula is C127H82N14. The van der Waals surface area contributed by atoms with E-state index in [0.29, 0.717) is 11.6 Å². The molecule has 6 aromatic heterocycles. The van der Waals surface area contributed by atoms with Crippen molar-refractivity contribution < 1.29 is 0 Å². The average Bonchev–Trinajstić information content (AvgIpc) is 0.728. The van der Waals surface area contributed by atoms with Crippen LogP contribution >= 0.6 is 0 Å². The monoisotopic (exact) mass is 1800 g/mol. The van der Waals surface area contributed by atoms with Crippen LogP contribution in [0.5, 0.6) is 0 Å². The van der Waals surface area contributed by atoms with Crippen LogP contribution in [0.1, 0.15) is 0 Å². The van der Waals surface area contributed by atoms with Crippen LogP contribution in [0, 0.1) is 0 Å². The highest BCUT2D eigenvalue weighted by Gasteiger charge is 2.34. The molecular weight excluding hydrogens is 1720 g/mol. The predicted molar refractivity (Wildman–Crippen MR) is 574 cm³/mol. The average molecular weight is 1800 g/mol. The Labute approximate surface area is 814 Å². The maximum atomic E-state index is 5.20. The molecule has 27 rings (SSSR count). The maximum Gasteiger partial charge on any atom is 0.160 e. The molecule has 3 aliphatic heterocycles. The molecule has 0 N–H and O–H groups in total. The van der Waals surface area contributed by atoms with E-state index in [1.807, 2.05) is 115 Å². The first-order valence-electron chi connectivity index (χ1n) is 47.1. The van der Waals surface area contributed by atoms with Crippen LogP contribution in [-0.4, -0.2) is 54.8 Å². The van der Waals surface area contributed by atoms with Gasteiger partial charge in [-0.25, -0.2) is 54.8 Å². The molecule has 18 aromatic carbocycles. The highest BCUT2D eigenvalue weighted by Crippen LogP contribution is 2.56. The van der Waals surface area contributed by atoms with Crippen molar-refractivity contribution in [2.24, 2.45) is 0 Å². The number of benzene rings is 18. The molecule has 0 saturated carbocycles. The fourth-order valence-corrected chi connectivity index (χ4v) is 19.6. The van der Waals surface area contributed by atoms with Crippen LogP contribution in [0.2, 0.25) is 0 Å². The van der Waals surface area contributed by atoms with E-state index in [0.717, 1.165) is 219 Å². The number of rotatable bonds is 15. The van der Waals surface area contributed by atoms with E-state index in [-0.39, 0.29) is 0 Å². The minimum atomic E-state index is 0.665. The minimum Gasteiger partial charge on any atom is -0.309 e. The molecule has 0 amide bonds. The standard InChI is InChI=1S/C43H28N4.2C42H27N5/c1-4-12-29(13-5-1)34-22-33-19-11-21-41-42(33)37(24-34)38-27-44-28-45-43(38)47(41)36-20-10-18-32(23-36)40-26-35(30-14-6-2-7-15-30)25-39(46-40)31-16-8-3-9-17-31;1-4-14-28(15-5-1)35-27-36(29-16-6-2-7-17-29)45-42(44-35)31-20-12-21-32(26-31)47-37-24-11-10-22-33(37)40-39-34(23-13-25-38(39)47)43-41(46-40)30-18-8-3-9-19-30;1-4-13-28(14-5-1)32-24-35-34-21-10-11-22-39(34)47(42-40(35)38(25-32)43-27-44-42)33-20-12-19-31(23-33)41-45-36(29-15-6-2-7-16-29)26-37(46-41)30-17-8-3-9-18-30/h1-28H;2*1-27H. The summed E-state index contributed by atoms with van der Waals surface area (Å²) in [6, 6.07) is 166. The van der Waals surface area contributed by atoms with Crippen molar-refractivity contribution >= 4 is 84.0 Å². The number of para-hydroxylation sites is 2. The van der Waals surface area contributed by atoms with Gasteiger partial charge >= 0.3 is 0 Å². The smallest absolute Gasteiger partial charge is 0.160 e. The molecule has 0 bridgehead atoms. The molecule has 24 aromatic rings. The van der Waals surface area contributed by atoms with E-state index in [9.17, 15) is 0 Å². The number of fused-ring (bicyclic) bond motifs is 6. The number of hydrogen-bond acceptors (Lipinski definition) is 14. The quantitative estimate of drug-likeness (QED) is 0.0957. The highest BCUT2D eigenvalue weighted by molar-refractivity contribution is 6.17. The van der Waals surface area contributed by atoms with Crippen LogP contribution in [-0.2, 0) is 0 Å². The predicted octanol–water partition coefficient (Wildman–Crippen LogP) is 32.2. The number of nitrogens with zero attached hydrogens (tertiary/aromatic N) is 14. The summed E-state index contributed by atoms with van der Waals surface area (Å²) in [6.07, 6.45) is 5.24. The van der Waals surface area contributed by atoms with Gasteiger partial charge in [0.05, 0.1) is 84.4 Å². The largest absolute Gasteiger partial charge is 0.309 e. The van der Waals surface area contributed by atoms with E-state index < -0.39 is 0 Å². The molecule has 0 fully saturated rings. The van der Waals surface area contributed by atoms with Gasteiger partial charge in [-0.15, -0.1) is 0 Å². The van der Waals surface area contributed by atoms with E-state index >= 15 is 0 Å². The summed E-state index contributed by atoms with van der Waals surface area (Å²) in [5, 5.41) is 4.43. The van der Waals surface area contributed by atoms with Gasteiger partial charge in [-0.3, -0.25) is 9.80 Å². The van der Waals surface area contributed by atoms with Gasteiger partial charge in [0.1, 0.15) is 24.3 Å². The second kappa shape index (κ2) is 36.5. The molecule has 14 nitrogen and oxygen atoms in total. The summed E-state index contributed by atoms with van der Waals surface area (Å²) in [7, 11) is 0. The topological polar surface area (TPSA) is 152 Å². The van der Waals surface area contributed by atoms with Gasteiger partial charge in [-0.2, -0.15) is 0 Å². The van der Waals surface area contributed by atoms with E-state index in [1.54, 1.807) is 12.7 Å². The van der Waals surface area contributed by atoms with Crippen molar-refractivity contribution in [2.45, 2.75) is 0 Å². The van der Waals surface area contributed by atoms with Gasteiger partial charge in [0.2, 0.25) is 0 Å². The van der Waals surface area contributed by atoms with Crippen molar-refractivity contribution in [3.05, 3.63) is 498 Å². The van der Waals surface area contributed by atoms with Gasteiger partial charge in [-0.1, -0.05) is 364 Å². The molecule has 0 unspecified atom stereocenters. The molecule has 14 heteroatoms. The molecule has 0 saturated heterocycles. The third kappa shape index (κ3) is 16.0. The van der Waals surface area contributed by atoms with Gasteiger partial charge in [0.25, 0.3) is 0 Å². The van der Waals surface area contributed by atoms with Crippen molar-refractivity contribution in [1.29, 1.82) is 0 Å². The van der Waals surface area contributed by atoms with E-state index in [1.165, 1.54) is 21.9 Å². The summed E-state index contributed by atoms with van der Waals surface area (Å²) >= 11 is 0. The Morgan fingerprint density at radius 3 is 1.05 bits per heavy atom. The molecule has 0 spiro atoms. The maximum absolute atomic E-state index is 5.20. The zero-order valence-electron chi connectivity index (χ0n) is 76.1. The molecule has 660 valence electrons. The third-order valence-electron chi connectivity index (χ3n) is 26.2. The van der Waals surface area contributed by atoms with Crippen molar-refractivity contribution in [2.75, 3.05) is 14.7 Å². The zero-order chi connectivity index (χ0) is 93.5. The van der Waals surface area contributed by atoms with Gasteiger partial charge < -0.3 is 4.90 Å². The van der Waals surface area contributed by atoms with E-state index in [2.05, 4.69) is 390 Å². The van der Waals surface area contributed by atoms with Crippen LogP contribution < -0.4 is 14.7 Å². The van der Waals surface area contributed by atoms with E-state index in [4.69, 9.17) is 49.8 Å². The van der Waals surface area contributed by atoms with Gasteiger partial charge in [-0.05, 0) is 165 Å². The molecule has 9 heterocycles. The lowest BCUT2D eigenvalue weighted by atomic mass is 9.89. The van der Waals surface area contributed by atoms with Crippen molar-refractivity contribution in [1.82, 2.24) is 54.8 Å². The lowest BCUT2D eigenvalue weighted by Crippen LogP contribution is -2.17. The normalized spacial score (nSPS) is 11.8. The zero-order valence-corrected chi connectivity index (χ0v) is 76.1. The molecule has 3 aliphatic rings. The summed E-state index contributed by atoms with van der Waals surface area (Å²) < 4.78 is 0. The Morgan fingerprint density at radius 2 is 0.532 bits per heavy atom. The molecule has 0 radical (unpaired) electrons. The lowest BCUT2D eigenvalue weighted by Gasteiger charge is -2.33. The first-order chi connectivity index (χ1) is 69.9. The summed E-state index contributed by atoms with van der Waals surface area (Å²) in [4.78, 5) is 61.6. The number of pyridine rings is 1. The molecule has 141 heavy (non-hydrogen) atoms. The molecule has 0 aliphatic carbocycles. The summed E-state index contributed by atoms with van der Waals surface area (Å²) in [6.45, 7) is 0. The van der Waals surface area contributed by atoms with Crippen LogP contribution in [0.25, 0.3) is 201 Å². The first kappa shape index (κ1) is 83.5. The minimum absolute atomic E-state index is 0.665. The lowest BCUT2D eigenvalue weighted by molar-refractivity contribution is 1.11. The van der Waals surface area contributed by atoms with Gasteiger partial charge in [0, 0.05) is 95.4 Å². The summed E-state index contributed by atoms with van der Waals surface area (Å²) in [5.41, 5.74) is 37.0. The fourth-order valence-electron chi connectivity index (χ4n) is 19.6. The fraction of sp³-hybridized carbons (Fsp3) is 0. The third-order valence-corrected chi connectivity index (χ3v) is 26.2. The molecule has 0 atom stereocenters. The second-order valence-corrected chi connectivity index (χ2v) is 34.9. The van der Waals surface area contributed by atoms with Crippen LogP contribution in [0.4, 0.5) is 51.4 Å². The summed E-state index contributed by atoms with van der Waals surface area (Å²) in [5.74, 6) is 3.77. The Kier molecular flexibility index (Phi) is 21.6. The van der Waals surface area contributed by atoms with Crippen LogP contribution in [0.3, 0.4) is 0 Å². The number of aromatic nitrogens is 11. The highest BCUT2D eigenvalue weighted by atomic mass is 15.2. The SMILES string of the molecule is c1ccc(-c2cc(-c3ccccc3)nc(-c3cccc(N4c5ccccc5-c5nc(-c6ccccc6)nc6cccc4c56)c3)n2)cc1.c1ccc(-c2cc(-c3ccccc3)nc(-c3cccc(N4c5ncncc5-c5cc(-c6ccccc6)cc6cccc4c56)c3)c2)cc1.c1ccc(-c2cc3c4c(ncnc4c2)N(c2cccc(-c4nc(-c5ccccc5)cc(-c5ccccc5)n4)c2)c2ccccc2-3)cc1. The Morgan fingerprint density at radius 1 is 0.170 bits per heavy atom. The number of hydrogen-bond donors (Lipinski definition) is 0. The van der Waals surface area contributed by atoms with Gasteiger partial charge in [0.15, 0.2) is 17.5 Å². The van der Waals surface area contributed by atoms with Crippen molar-refractivity contribution in [3.63, 3.8) is 0 Å². The van der Waals surface area contributed by atoms with Crippen LogP contribution in [0.15, 0.2) is 498 Å². The van der Waals surface area contributed by atoms with Crippen molar-refractivity contribution in [3.8, 4) is 169 Å². The number of anilines is 9. The second-order valence-electron chi connectivity index (χ2n) is 34.9. The Bertz CT molecular complexity index is 7860. The Hall–Kier alpha value is -19.3.